The Bertz CT molecular complexity index is 432. The molecule has 1 saturated carbocycles. The Kier molecular flexibility index (Phi) is 4.74. The minimum Gasteiger partial charge on any atom is -0.309 e. The summed E-state index contributed by atoms with van der Waals surface area (Å²) in [5.74, 6) is 1.05. The van der Waals surface area contributed by atoms with Gasteiger partial charge in [-0.2, -0.15) is 13.2 Å². The van der Waals surface area contributed by atoms with Crippen LogP contribution in [0.25, 0.3) is 0 Å². The van der Waals surface area contributed by atoms with E-state index in [9.17, 15) is 13.2 Å². The summed E-state index contributed by atoms with van der Waals surface area (Å²) in [6, 6.07) is 6.14. The van der Waals surface area contributed by atoms with Gasteiger partial charge in [-0.05, 0) is 36.3 Å². The van der Waals surface area contributed by atoms with Crippen LogP contribution in [-0.2, 0) is 12.7 Å². The molecule has 0 heterocycles. The van der Waals surface area contributed by atoms with Crippen molar-refractivity contribution in [3.63, 3.8) is 0 Å². The largest absolute Gasteiger partial charge is 0.416 e. The Morgan fingerprint density at radius 1 is 1.10 bits per heavy atom. The molecule has 1 fully saturated rings. The number of halogens is 3. The summed E-state index contributed by atoms with van der Waals surface area (Å²) in [7, 11) is 0. The van der Waals surface area contributed by atoms with Gasteiger partial charge in [-0.3, -0.25) is 0 Å². The van der Waals surface area contributed by atoms with Gasteiger partial charge in [0.05, 0.1) is 5.56 Å². The fraction of sp³-hybridized carbons (Fsp3) is 0.625. The molecule has 2 atom stereocenters. The molecule has 1 aliphatic rings. The van der Waals surface area contributed by atoms with E-state index in [1.807, 2.05) is 0 Å². The first-order valence-electron chi connectivity index (χ1n) is 7.28. The maximum atomic E-state index is 12.9. The van der Waals surface area contributed by atoms with Crippen LogP contribution in [0.1, 0.15) is 44.2 Å². The molecule has 0 radical (unpaired) electrons. The average molecular weight is 285 g/mol. The van der Waals surface area contributed by atoms with E-state index in [4.69, 9.17) is 0 Å². The molecule has 1 nitrogen and oxygen atoms in total. The first kappa shape index (κ1) is 15.4. The fourth-order valence-electron chi connectivity index (χ4n) is 3.26. The Hall–Kier alpha value is -1.03. The molecule has 1 aromatic rings. The fourth-order valence-corrected chi connectivity index (χ4v) is 3.26. The Morgan fingerprint density at radius 2 is 1.70 bits per heavy atom. The molecule has 1 N–H and O–H groups in total. The summed E-state index contributed by atoms with van der Waals surface area (Å²) in [6.07, 6.45) is -0.742. The van der Waals surface area contributed by atoms with E-state index in [-0.39, 0.29) is 6.54 Å². The molecule has 4 heteroatoms. The average Bonchev–Trinajstić information content (AvgIpc) is 2.37. The highest BCUT2D eigenvalue weighted by Gasteiger charge is 2.33. The van der Waals surface area contributed by atoms with Gasteiger partial charge in [-0.15, -0.1) is 0 Å². The van der Waals surface area contributed by atoms with E-state index >= 15 is 0 Å². The van der Waals surface area contributed by atoms with Gasteiger partial charge in [0, 0.05) is 12.6 Å². The standard InChI is InChI=1S/C16H22F3N/c1-11-6-5-7-12(2)15(11)20-10-13-8-3-4-9-14(13)16(17,18)19/h3-4,8-9,11-12,15,20H,5-7,10H2,1-2H3. The lowest BCUT2D eigenvalue weighted by atomic mass is 9.78. The highest BCUT2D eigenvalue weighted by molar-refractivity contribution is 5.29. The molecule has 0 aliphatic heterocycles. The third-order valence-corrected chi connectivity index (χ3v) is 4.40. The summed E-state index contributed by atoms with van der Waals surface area (Å²) in [5.41, 5.74) is -0.186. The van der Waals surface area contributed by atoms with Crippen molar-refractivity contribution in [2.24, 2.45) is 11.8 Å². The van der Waals surface area contributed by atoms with E-state index in [1.54, 1.807) is 12.1 Å². The lowest BCUT2D eigenvalue weighted by Gasteiger charge is -2.35. The normalized spacial score (nSPS) is 27.6. The van der Waals surface area contributed by atoms with Crippen molar-refractivity contribution >= 4 is 0 Å². The summed E-state index contributed by atoms with van der Waals surface area (Å²) in [5, 5.41) is 3.35. The monoisotopic (exact) mass is 285 g/mol. The maximum Gasteiger partial charge on any atom is 0.416 e. The predicted octanol–water partition coefficient (Wildman–Crippen LogP) is 4.62. The van der Waals surface area contributed by atoms with Crippen LogP contribution in [0, 0.1) is 11.8 Å². The van der Waals surface area contributed by atoms with Crippen LogP contribution < -0.4 is 5.32 Å². The number of benzene rings is 1. The highest BCUT2D eigenvalue weighted by atomic mass is 19.4. The van der Waals surface area contributed by atoms with Gasteiger partial charge in [-0.1, -0.05) is 38.5 Å². The zero-order chi connectivity index (χ0) is 14.8. The van der Waals surface area contributed by atoms with Gasteiger partial charge in [0.15, 0.2) is 0 Å². The lowest BCUT2D eigenvalue weighted by molar-refractivity contribution is -0.138. The lowest BCUT2D eigenvalue weighted by Crippen LogP contribution is -2.42. The van der Waals surface area contributed by atoms with Crippen molar-refractivity contribution in [3.8, 4) is 0 Å². The van der Waals surface area contributed by atoms with E-state index < -0.39 is 11.7 Å². The number of rotatable bonds is 3. The van der Waals surface area contributed by atoms with Crippen LogP contribution in [0.15, 0.2) is 24.3 Å². The van der Waals surface area contributed by atoms with Crippen molar-refractivity contribution < 1.29 is 13.2 Å². The SMILES string of the molecule is CC1CCCC(C)C1NCc1ccccc1C(F)(F)F. The van der Waals surface area contributed by atoms with Crippen LogP contribution in [0.5, 0.6) is 0 Å². The second-order valence-electron chi connectivity index (χ2n) is 5.95. The minimum absolute atomic E-state index is 0.287. The van der Waals surface area contributed by atoms with Crippen LogP contribution in [-0.4, -0.2) is 6.04 Å². The van der Waals surface area contributed by atoms with Crippen LogP contribution in [0.4, 0.5) is 13.2 Å². The zero-order valence-corrected chi connectivity index (χ0v) is 12.0. The van der Waals surface area contributed by atoms with Crippen molar-refractivity contribution in [1.29, 1.82) is 0 Å². The molecule has 0 amide bonds. The molecule has 0 spiro atoms. The van der Waals surface area contributed by atoms with Crippen molar-refractivity contribution in [2.75, 3.05) is 0 Å². The van der Waals surface area contributed by atoms with Crippen molar-refractivity contribution in [2.45, 2.75) is 51.9 Å². The number of nitrogens with one attached hydrogen (secondary N) is 1. The molecule has 112 valence electrons. The van der Waals surface area contributed by atoms with E-state index in [1.165, 1.54) is 12.5 Å². The topological polar surface area (TPSA) is 12.0 Å². The molecule has 0 saturated heterocycles. The molecule has 1 aliphatic carbocycles. The van der Waals surface area contributed by atoms with Gasteiger partial charge in [0.1, 0.15) is 0 Å². The van der Waals surface area contributed by atoms with E-state index in [0.29, 0.717) is 23.4 Å². The molecule has 0 bridgehead atoms. The Labute approximate surface area is 118 Å². The van der Waals surface area contributed by atoms with E-state index in [2.05, 4.69) is 19.2 Å². The first-order valence-corrected chi connectivity index (χ1v) is 7.28. The molecule has 2 unspecified atom stereocenters. The molecule has 2 rings (SSSR count). The van der Waals surface area contributed by atoms with Gasteiger partial charge in [-0.25, -0.2) is 0 Å². The Morgan fingerprint density at radius 3 is 2.30 bits per heavy atom. The third-order valence-electron chi connectivity index (χ3n) is 4.40. The summed E-state index contributed by atoms with van der Waals surface area (Å²) < 4.78 is 38.8. The van der Waals surface area contributed by atoms with Crippen molar-refractivity contribution in [3.05, 3.63) is 35.4 Å². The van der Waals surface area contributed by atoms with E-state index in [0.717, 1.165) is 18.9 Å². The zero-order valence-electron chi connectivity index (χ0n) is 12.0. The number of hydrogen-bond acceptors (Lipinski definition) is 1. The molecular weight excluding hydrogens is 263 g/mol. The molecule has 0 aromatic heterocycles. The molecule has 20 heavy (non-hydrogen) atoms. The van der Waals surface area contributed by atoms with Crippen molar-refractivity contribution in [1.82, 2.24) is 5.32 Å². The second kappa shape index (κ2) is 6.17. The predicted molar refractivity (Wildman–Crippen MR) is 74.3 cm³/mol. The van der Waals surface area contributed by atoms with Crippen LogP contribution >= 0.6 is 0 Å². The van der Waals surface area contributed by atoms with Crippen LogP contribution in [0.2, 0.25) is 0 Å². The quantitative estimate of drug-likeness (QED) is 0.854. The maximum absolute atomic E-state index is 12.9. The highest BCUT2D eigenvalue weighted by Crippen LogP contribution is 2.33. The van der Waals surface area contributed by atoms with Crippen LogP contribution in [0.3, 0.4) is 0 Å². The summed E-state index contributed by atoms with van der Waals surface area (Å²) in [6.45, 7) is 4.65. The first-order chi connectivity index (χ1) is 9.39. The van der Waals surface area contributed by atoms with Gasteiger partial charge in [0.25, 0.3) is 0 Å². The number of alkyl halides is 3. The summed E-state index contributed by atoms with van der Waals surface area (Å²) >= 11 is 0. The Balaban J connectivity index is 2.07. The van der Waals surface area contributed by atoms with Gasteiger partial charge < -0.3 is 5.32 Å². The smallest absolute Gasteiger partial charge is 0.309 e. The summed E-state index contributed by atoms with van der Waals surface area (Å²) in [4.78, 5) is 0. The molecular formula is C16H22F3N. The molecule has 1 aromatic carbocycles. The number of hydrogen-bond donors (Lipinski definition) is 1. The third kappa shape index (κ3) is 3.54. The minimum atomic E-state index is -4.28. The van der Waals surface area contributed by atoms with Gasteiger partial charge >= 0.3 is 6.18 Å². The second-order valence-corrected chi connectivity index (χ2v) is 5.95. The van der Waals surface area contributed by atoms with Gasteiger partial charge in [0.2, 0.25) is 0 Å².